The van der Waals surface area contributed by atoms with E-state index in [9.17, 15) is 14.2 Å². The fourth-order valence-electron chi connectivity index (χ4n) is 1.54. The Morgan fingerprint density at radius 1 is 0.605 bits per heavy atom. The SMILES string of the molecule is C#CC#CC#CC#CC#CC#CC#CC#CC(=O)O[C@H](COC(=O)C#CC#CC#CC#CC#CC#CC)COP(=O)(O)O. The molecule has 0 saturated heterocycles. The van der Waals surface area contributed by atoms with Crippen molar-refractivity contribution >= 4 is 19.8 Å². The van der Waals surface area contributed by atoms with Crippen LogP contribution in [-0.4, -0.2) is 41.0 Å². The van der Waals surface area contributed by atoms with Gasteiger partial charge in [-0.05, 0) is 149 Å². The second-order valence-corrected chi connectivity index (χ2v) is 7.17. The molecule has 0 rings (SSSR count). The fourth-order valence-corrected chi connectivity index (χ4v) is 1.90. The van der Waals surface area contributed by atoms with E-state index in [2.05, 4.69) is 153 Å². The summed E-state index contributed by atoms with van der Waals surface area (Å²) in [6, 6.07) is 0. The van der Waals surface area contributed by atoms with Crippen molar-refractivity contribution in [2.45, 2.75) is 13.0 Å². The Morgan fingerprint density at radius 3 is 1.37 bits per heavy atom. The number of terminal acetylenes is 1. The molecule has 0 aliphatic carbocycles. The van der Waals surface area contributed by atoms with Gasteiger partial charge in [0.2, 0.25) is 0 Å². The molecule has 200 valence electrons. The maximum absolute atomic E-state index is 11.9. The third-order valence-electron chi connectivity index (χ3n) is 2.94. The van der Waals surface area contributed by atoms with Crippen molar-refractivity contribution in [3.8, 4) is 166 Å². The van der Waals surface area contributed by atoms with Crippen molar-refractivity contribution in [2.24, 2.45) is 0 Å². The van der Waals surface area contributed by atoms with Crippen LogP contribution in [0.2, 0.25) is 0 Å². The van der Waals surface area contributed by atoms with Crippen LogP contribution in [0.4, 0.5) is 0 Å². The molecule has 8 nitrogen and oxygen atoms in total. The van der Waals surface area contributed by atoms with Gasteiger partial charge in [0.25, 0.3) is 0 Å². The van der Waals surface area contributed by atoms with E-state index in [0.717, 1.165) is 0 Å². The first-order valence-corrected chi connectivity index (χ1v) is 12.3. The van der Waals surface area contributed by atoms with Crippen LogP contribution in [0.25, 0.3) is 0 Å². The molecule has 0 saturated carbocycles. The zero-order chi connectivity index (χ0) is 31.9. The third-order valence-corrected chi connectivity index (χ3v) is 3.43. The summed E-state index contributed by atoms with van der Waals surface area (Å²) < 4.78 is 24.9. The second-order valence-electron chi connectivity index (χ2n) is 5.93. The fraction of sp³-hybridized carbons (Fsp3) is 0.118. The average molecular weight is 578 g/mol. The number of carbonyl (C=O) groups is 2. The Labute approximate surface area is 250 Å². The summed E-state index contributed by atoms with van der Waals surface area (Å²) in [7, 11) is -4.93. The first kappa shape index (κ1) is 35.9. The highest BCUT2D eigenvalue weighted by Gasteiger charge is 2.22. The molecular weight excluding hydrogens is 567 g/mol. The molecule has 0 spiro atoms. The molecule has 0 aromatic carbocycles. The third kappa shape index (κ3) is 27.7. The maximum atomic E-state index is 11.9. The lowest BCUT2D eigenvalue weighted by Gasteiger charge is -2.16. The number of phosphoric ester groups is 1. The summed E-state index contributed by atoms with van der Waals surface area (Å²) in [5, 5.41) is 0. The van der Waals surface area contributed by atoms with Gasteiger partial charge in [0.05, 0.1) is 6.61 Å². The van der Waals surface area contributed by atoms with Crippen LogP contribution in [0.15, 0.2) is 0 Å². The summed E-state index contributed by atoms with van der Waals surface area (Å²) in [5.41, 5.74) is 0. The number of carbonyl (C=O) groups excluding carboxylic acids is 2. The Bertz CT molecular complexity index is 2040. The van der Waals surface area contributed by atoms with E-state index in [-0.39, 0.29) is 0 Å². The molecule has 0 fully saturated rings. The largest absolute Gasteiger partial charge is 0.469 e. The summed E-state index contributed by atoms with van der Waals surface area (Å²) in [4.78, 5) is 41.4. The summed E-state index contributed by atoms with van der Waals surface area (Å²) in [6.45, 7) is 0.136. The van der Waals surface area contributed by atoms with E-state index in [4.69, 9.17) is 25.7 Å². The van der Waals surface area contributed by atoms with Gasteiger partial charge in [0, 0.05) is 11.8 Å². The van der Waals surface area contributed by atoms with Crippen molar-refractivity contribution in [2.75, 3.05) is 13.2 Å². The van der Waals surface area contributed by atoms with Crippen molar-refractivity contribution in [1.29, 1.82) is 0 Å². The summed E-state index contributed by atoms with van der Waals surface area (Å²) in [5.74, 6) is 60.5. The van der Waals surface area contributed by atoms with Crippen molar-refractivity contribution in [1.82, 2.24) is 0 Å². The minimum Gasteiger partial charge on any atom is -0.452 e. The Kier molecular flexibility index (Phi) is 21.0. The number of esters is 2. The normalized spacial score (nSPS) is 7.30. The van der Waals surface area contributed by atoms with Gasteiger partial charge in [-0.3, -0.25) is 4.52 Å². The summed E-state index contributed by atoms with van der Waals surface area (Å²) in [6.07, 6.45) is 3.47. The van der Waals surface area contributed by atoms with Gasteiger partial charge in [-0.1, -0.05) is 5.92 Å². The molecule has 0 heterocycles. The number of ether oxygens (including phenoxy) is 2. The summed E-state index contributed by atoms with van der Waals surface area (Å²) >= 11 is 0. The number of hydrogen-bond acceptors (Lipinski definition) is 6. The highest BCUT2D eigenvalue weighted by atomic mass is 31.2. The molecule has 0 aromatic heterocycles. The molecule has 0 aromatic rings. The molecule has 0 aliphatic rings. The minimum absolute atomic E-state index is 0.671. The maximum Gasteiger partial charge on any atom is 0.469 e. The molecule has 0 unspecified atom stereocenters. The highest BCUT2D eigenvalue weighted by Crippen LogP contribution is 2.35. The lowest BCUT2D eigenvalue weighted by atomic mass is 10.4. The topological polar surface area (TPSA) is 119 Å². The predicted molar refractivity (Wildman–Crippen MR) is 154 cm³/mol. The Morgan fingerprint density at radius 2 is 0.977 bits per heavy atom. The number of rotatable bonds is 6. The van der Waals surface area contributed by atoms with Crippen molar-refractivity contribution in [3.05, 3.63) is 0 Å². The van der Waals surface area contributed by atoms with E-state index in [1.165, 1.54) is 0 Å². The molecule has 0 bridgehead atoms. The Hall–Kier alpha value is -7.11. The van der Waals surface area contributed by atoms with Crippen LogP contribution >= 0.6 is 7.82 Å². The van der Waals surface area contributed by atoms with Crippen LogP contribution in [-0.2, 0) is 28.2 Å². The molecule has 0 aliphatic heterocycles. The molecule has 0 amide bonds. The molecule has 0 radical (unpaired) electrons. The van der Waals surface area contributed by atoms with Gasteiger partial charge in [-0.2, -0.15) is 0 Å². The van der Waals surface area contributed by atoms with E-state index in [1.54, 1.807) is 6.92 Å². The Balaban J connectivity index is 5.04. The highest BCUT2D eigenvalue weighted by molar-refractivity contribution is 7.46. The quantitative estimate of drug-likeness (QED) is 0.183. The zero-order valence-electron chi connectivity index (χ0n) is 21.9. The van der Waals surface area contributed by atoms with Gasteiger partial charge in [-0.15, -0.1) is 6.42 Å². The standard InChI is InChI=1S/C34H11O8P/c1-3-5-7-9-11-13-15-16-17-19-21-23-25-27-29-34(36)42-32(31-41-43(37,38)39)30-40-33(35)28-26-24-22-20-18-14-12-10-8-6-4-2/h1,32H,30-31H2,2H3,(H2,37,38,39)/t32-/m1/s1. The van der Waals surface area contributed by atoms with Gasteiger partial charge >= 0.3 is 19.8 Å². The van der Waals surface area contributed by atoms with E-state index >= 15 is 0 Å². The lowest BCUT2D eigenvalue weighted by molar-refractivity contribution is -0.153. The van der Waals surface area contributed by atoms with Gasteiger partial charge < -0.3 is 19.3 Å². The van der Waals surface area contributed by atoms with Gasteiger partial charge in [-0.25, -0.2) is 14.2 Å². The first-order chi connectivity index (χ1) is 20.8. The lowest BCUT2D eigenvalue weighted by Crippen LogP contribution is -2.28. The average Bonchev–Trinajstić information content (AvgIpc) is 2.97. The van der Waals surface area contributed by atoms with Gasteiger partial charge in [0.15, 0.2) is 6.10 Å². The molecule has 9 heteroatoms. The van der Waals surface area contributed by atoms with Crippen molar-refractivity contribution in [3.63, 3.8) is 0 Å². The van der Waals surface area contributed by atoms with Crippen LogP contribution in [0.5, 0.6) is 0 Å². The van der Waals surface area contributed by atoms with Crippen molar-refractivity contribution < 1.29 is 37.9 Å². The smallest absolute Gasteiger partial charge is 0.452 e. The van der Waals surface area contributed by atoms with Crippen LogP contribution < -0.4 is 0 Å². The van der Waals surface area contributed by atoms with E-state index in [1.807, 2.05) is 11.8 Å². The first-order valence-electron chi connectivity index (χ1n) is 10.7. The number of hydrogen-bond donors (Lipinski definition) is 2. The molecule has 1 atom stereocenters. The van der Waals surface area contributed by atoms with E-state index < -0.39 is 39.1 Å². The molecule has 43 heavy (non-hydrogen) atoms. The zero-order valence-corrected chi connectivity index (χ0v) is 22.8. The molecular formula is C34H11O8P. The minimum atomic E-state index is -4.93. The van der Waals surface area contributed by atoms with E-state index in [0.29, 0.717) is 0 Å². The molecule has 2 N–H and O–H groups in total. The predicted octanol–water partition coefficient (Wildman–Crippen LogP) is -0.752. The van der Waals surface area contributed by atoms with Crippen LogP contribution in [0, 0.1) is 166 Å². The second kappa shape index (κ2) is 25.2. The number of phosphoric acid groups is 1. The monoisotopic (exact) mass is 578 g/mol. The van der Waals surface area contributed by atoms with Crippen LogP contribution in [0.3, 0.4) is 0 Å². The van der Waals surface area contributed by atoms with Crippen LogP contribution in [0.1, 0.15) is 6.92 Å². The van der Waals surface area contributed by atoms with Gasteiger partial charge in [0.1, 0.15) is 6.61 Å².